The number of hydrogen-bond donors (Lipinski definition) is 1. The van der Waals surface area contributed by atoms with Crippen LogP contribution in [0.5, 0.6) is 0 Å². The number of benzene rings is 1. The number of rotatable bonds is 5. The van der Waals surface area contributed by atoms with Crippen molar-refractivity contribution < 1.29 is 4.39 Å². The highest BCUT2D eigenvalue weighted by molar-refractivity contribution is 9.10. The van der Waals surface area contributed by atoms with E-state index in [0.717, 1.165) is 18.4 Å². The van der Waals surface area contributed by atoms with Gasteiger partial charge in [-0.15, -0.1) is 0 Å². The summed E-state index contributed by atoms with van der Waals surface area (Å²) in [6, 6.07) is 5.91. The Balaban J connectivity index is 2.64. The van der Waals surface area contributed by atoms with E-state index in [4.69, 9.17) is 0 Å². The number of nitrogens with one attached hydrogen (secondary N) is 1. The lowest BCUT2D eigenvalue weighted by Gasteiger charge is -2.20. The Kier molecular flexibility index (Phi) is 5.42. The van der Waals surface area contributed by atoms with E-state index in [1.807, 2.05) is 19.2 Å². The Labute approximate surface area is 106 Å². The van der Waals surface area contributed by atoms with Crippen LogP contribution in [0.15, 0.2) is 22.7 Å². The molecule has 0 amide bonds. The Morgan fingerprint density at radius 3 is 2.62 bits per heavy atom. The van der Waals surface area contributed by atoms with E-state index in [1.165, 1.54) is 0 Å². The molecule has 1 N–H and O–H groups in total. The molecule has 0 radical (unpaired) electrons. The van der Waals surface area contributed by atoms with Crippen LogP contribution in [0.25, 0.3) is 0 Å². The normalized spacial score (nSPS) is 13.1. The molecule has 0 fully saturated rings. The van der Waals surface area contributed by atoms with E-state index in [0.29, 0.717) is 16.4 Å². The lowest BCUT2D eigenvalue weighted by Crippen LogP contribution is -2.31. The van der Waals surface area contributed by atoms with Crippen LogP contribution in [0.4, 0.5) is 4.39 Å². The second kappa shape index (κ2) is 6.36. The molecule has 90 valence electrons. The van der Waals surface area contributed by atoms with Crippen molar-refractivity contribution in [1.29, 1.82) is 0 Å². The fraction of sp³-hybridized carbons (Fsp3) is 0.538. The number of halogens is 2. The van der Waals surface area contributed by atoms with Crippen LogP contribution in [0.2, 0.25) is 0 Å². The SMILES string of the molecule is CNC(CCc1cccc(Br)c1F)C(C)C. The molecule has 1 rings (SSSR count). The van der Waals surface area contributed by atoms with Crippen molar-refractivity contribution in [1.82, 2.24) is 5.32 Å². The van der Waals surface area contributed by atoms with Gasteiger partial charge in [0.05, 0.1) is 4.47 Å². The molecule has 0 saturated heterocycles. The maximum absolute atomic E-state index is 13.7. The maximum atomic E-state index is 13.7. The minimum absolute atomic E-state index is 0.124. The molecule has 0 aliphatic rings. The first-order valence-corrected chi connectivity index (χ1v) is 6.45. The smallest absolute Gasteiger partial charge is 0.140 e. The maximum Gasteiger partial charge on any atom is 0.140 e. The number of hydrogen-bond acceptors (Lipinski definition) is 1. The van der Waals surface area contributed by atoms with E-state index < -0.39 is 0 Å². The van der Waals surface area contributed by atoms with Gasteiger partial charge in [-0.1, -0.05) is 26.0 Å². The summed E-state index contributed by atoms with van der Waals surface area (Å²) >= 11 is 3.21. The molecule has 0 spiro atoms. The molecule has 1 nitrogen and oxygen atoms in total. The molecule has 3 heteroatoms. The first-order valence-electron chi connectivity index (χ1n) is 5.66. The first kappa shape index (κ1) is 13.7. The highest BCUT2D eigenvalue weighted by Gasteiger charge is 2.12. The van der Waals surface area contributed by atoms with Gasteiger partial charge >= 0.3 is 0 Å². The van der Waals surface area contributed by atoms with Crippen molar-refractivity contribution in [2.75, 3.05) is 7.05 Å². The van der Waals surface area contributed by atoms with E-state index in [2.05, 4.69) is 35.1 Å². The van der Waals surface area contributed by atoms with E-state index in [-0.39, 0.29) is 5.82 Å². The van der Waals surface area contributed by atoms with Crippen LogP contribution in [0.3, 0.4) is 0 Å². The van der Waals surface area contributed by atoms with E-state index >= 15 is 0 Å². The topological polar surface area (TPSA) is 12.0 Å². The molecule has 0 saturated carbocycles. The third-order valence-corrected chi connectivity index (χ3v) is 3.54. The van der Waals surface area contributed by atoms with Crippen molar-refractivity contribution >= 4 is 15.9 Å². The van der Waals surface area contributed by atoms with Crippen molar-refractivity contribution in [2.45, 2.75) is 32.7 Å². The average Bonchev–Trinajstić information content (AvgIpc) is 2.24. The second-order valence-corrected chi connectivity index (χ2v) is 5.25. The van der Waals surface area contributed by atoms with Gasteiger partial charge in [0.15, 0.2) is 0 Å². The Bertz CT molecular complexity index is 339. The quantitative estimate of drug-likeness (QED) is 0.869. The van der Waals surface area contributed by atoms with Gasteiger partial charge < -0.3 is 5.32 Å². The van der Waals surface area contributed by atoms with Gasteiger partial charge in [0.25, 0.3) is 0 Å². The van der Waals surface area contributed by atoms with Crippen molar-refractivity contribution in [2.24, 2.45) is 5.92 Å². The summed E-state index contributed by atoms with van der Waals surface area (Å²) in [6.07, 6.45) is 1.73. The van der Waals surface area contributed by atoms with Gasteiger partial charge in [-0.3, -0.25) is 0 Å². The third kappa shape index (κ3) is 3.56. The standard InChI is InChI=1S/C13H19BrFN/c1-9(2)12(16-3)8-7-10-5-4-6-11(14)13(10)15/h4-6,9,12,16H,7-8H2,1-3H3. The lowest BCUT2D eigenvalue weighted by molar-refractivity contribution is 0.400. The lowest BCUT2D eigenvalue weighted by atomic mass is 9.97. The predicted molar refractivity (Wildman–Crippen MR) is 70.1 cm³/mol. The molecule has 0 heterocycles. The monoisotopic (exact) mass is 287 g/mol. The van der Waals surface area contributed by atoms with Crippen molar-refractivity contribution in [3.8, 4) is 0 Å². The summed E-state index contributed by atoms with van der Waals surface area (Å²) in [5.41, 5.74) is 0.787. The molecular formula is C13H19BrFN. The number of aryl methyl sites for hydroxylation is 1. The van der Waals surface area contributed by atoms with E-state index in [1.54, 1.807) is 6.07 Å². The molecular weight excluding hydrogens is 269 g/mol. The zero-order chi connectivity index (χ0) is 12.1. The molecule has 0 aromatic heterocycles. The van der Waals surface area contributed by atoms with Gasteiger partial charge in [0, 0.05) is 6.04 Å². The fourth-order valence-electron chi connectivity index (χ4n) is 1.86. The van der Waals surface area contributed by atoms with Crippen LogP contribution in [0, 0.1) is 11.7 Å². The molecule has 1 atom stereocenters. The van der Waals surface area contributed by atoms with Gasteiger partial charge in [0.1, 0.15) is 5.82 Å². The van der Waals surface area contributed by atoms with Gasteiger partial charge in [0.2, 0.25) is 0 Å². The van der Waals surface area contributed by atoms with Crippen LogP contribution in [-0.2, 0) is 6.42 Å². The minimum Gasteiger partial charge on any atom is -0.317 e. The van der Waals surface area contributed by atoms with Gasteiger partial charge in [-0.05, 0) is 53.4 Å². The van der Waals surface area contributed by atoms with Crippen LogP contribution in [0.1, 0.15) is 25.8 Å². The molecule has 0 aliphatic carbocycles. The summed E-state index contributed by atoms with van der Waals surface area (Å²) in [5, 5.41) is 3.27. The first-order chi connectivity index (χ1) is 7.56. The highest BCUT2D eigenvalue weighted by atomic mass is 79.9. The summed E-state index contributed by atoms with van der Waals surface area (Å²) in [4.78, 5) is 0. The van der Waals surface area contributed by atoms with Crippen molar-refractivity contribution in [3.63, 3.8) is 0 Å². The average molecular weight is 288 g/mol. The molecule has 0 aliphatic heterocycles. The van der Waals surface area contributed by atoms with Crippen LogP contribution >= 0.6 is 15.9 Å². The second-order valence-electron chi connectivity index (χ2n) is 4.39. The van der Waals surface area contributed by atoms with Crippen LogP contribution < -0.4 is 5.32 Å². The fourth-order valence-corrected chi connectivity index (χ4v) is 2.27. The summed E-state index contributed by atoms with van der Waals surface area (Å²) in [7, 11) is 1.96. The predicted octanol–water partition coefficient (Wildman–Crippen LogP) is 3.76. The molecule has 16 heavy (non-hydrogen) atoms. The summed E-state index contributed by atoms with van der Waals surface area (Å²) in [5.74, 6) is 0.446. The largest absolute Gasteiger partial charge is 0.317 e. The highest BCUT2D eigenvalue weighted by Crippen LogP contribution is 2.20. The molecule has 1 unspecified atom stereocenters. The summed E-state index contributed by atoms with van der Waals surface area (Å²) < 4.78 is 14.2. The zero-order valence-corrected chi connectivity index (χ0v) is 11.6. The Morgan fingerprint density at radius 2 is 2.06 bits per heavy atom. The van der Waals surface area contributed by atoms with Crippen molar-refractivity contribution in [3.05, 3.63) is 34.1 Å². The third-order valence-electron chi connectivity index (χ3n) is 2.93. The molecule has 1 aromatic carbocycles. The van der Waals surface area contributed by atoms with Gasteiger partial charge in [-0.25, -0.2) is 4.39 Å². The Morgan fingerprint density at radius 1 is 1.38 bits per heavy atom. The molecule has 0 bridgehead atoms. The van der Waals surface area contributed by atoms with Crippen LogP contribution in [-0.4, -0.2) is 13.1 Å². The molecule has 1 aromatic rings. The minimum atomic E-state index is -0.124. The van der Waals surface area contributed by atoms with Gasteiger partial charge in [-0.2, -0.15) is 0 Å². The Hall–Kier alpha value is -0.410. The zero-order valence-electron chi connectivity index (χ0n) is 10.1. The summed E-state index contributed by atoms with van der Waals surface area (Å²) in [6.45, 7) is 4.36. The van der Waals surface area contributed by atoms with E-state index in [9.17, 15) is 4.39 Å².